The van der Waals surface area contributed by atoms with Gasteiger partial charge in [-0.3, -0.25) is 14.5 Å². The first kappa shape index (κ1) is 17.7. The summed E-state index contributed by atoms with van der Waals surface area (Å²) in [6.45, 7) is 0.317. The molecule has 1 fully saturated rings. The molecule has 0 heterocycles. The van der Waals surface area contributed by atoms with E-state index in [1.807, 2.05) is 13.1 Å². The maximum absolute atomic E-state index is 12.5. The SMILES string of the molecule is CN(CC(=O)Nc1cccc(C(=O)NC2CC2)c1)[C@@H]1CCc2ccccc21. The summed E-state index contributed by atoms with van der Waals surface area (Å²) in [4.78, 5) is 26.8. The van der Waals surface area contributed by atoms with Crippen molar-refractivity contribution >= 4 is 17.5 Å². The van der Waals surface area contributed by atoms with Crippen LogP contribution in [0.4, 0.5) is 5.69 Å². The first-order chi connectivity index (χ1) is 13.1. The van der Waals surface area contributed by atoms with Gasteiger partial charge in [-0.2, -0.15) is 0 Å². The zero-order valence-corrected chi connectivity index (χ0v) is 15.6. The monoisotopic (exact) mass is 363 g/mol. The van der Waals surface area contributed by atoms with Gasteiger partial charge in [0.2, 0.25) is 5.91 Å². The molecule has 27 heavy (non-hydrogen) atoms. The highest BCUT2D eigenvalue weighted by Crippen LogP contribution is 2.34. The molecule has 5 nitrogen and oxygen atoms in total. The van der Waals surface area contributed by atoms with Crippen LogP contribution in [0, 0.1) is 0 Å². The molecule has 2 aliphatic rings. The van der Waals surface area contributed by atoms with Crippen LogP contribution in [0.25, 0.3) is 0 Å². The number of benzene rings is 2. The predicted molar refractivity (Wildman–Crippen MR) is 106 cm³/mol. The predicted octanol–water partition coefficient (Wildman–Crippen LogP) is 3.14. The summed E-state index contributed by atoms with van der Waals surface area (Å²) < 4.78 is 0. The highest BCUT2D eigenvalue weighted by molar-refractivity contribution is 5.97. The summed E-state index contributed by atoms with van der Waals surface area (Å²) in [6.07, 6.45) is 4.21. The van der Waals surface area contributed by atoms with Gasteiger partial charge >= 0.3 is 0 Å². The van der Waals surface area contributed by atoms with Gasteiger partial charge in [0.05, 0.1) is 6.54 Å². The van der Waals surface area contributed by atoms with Crippen molar-refractivity contribution in [1.82, 2.24) is 10.2 Å². The number of carbonyl (C=O) groups is 2. The Bertz CT molecular complexity index is 860. The minimum Gasteiger partial charge on any atom is -0.349 e. The number of likely N-dealkylation sites (N-methyl/N-ethyl adjacent to an activating group) is 1. The van der Waals surface area contributed by atoms with Crippen LogP contribution in [0.3, 0.4) is 0 Å². The lowest BCUT2D eigenvalue weighted by molar-refractivity contribution is -0.117. The van der Waals surface area contributed by atoms with Gasteiger partial charge in [0.1, 0.15) is 0 Å². The second-order valence-corrected chi connectivity index (χ2v) is 7.55. The van der Waals surface area contributed by atoms with Crippen LogP contribution in [-0.2, 0) is 11.2 Å². The number of anilines is 1. The minimum atomic E-state index is -0.0757. The van der Waals surface area contributed by atoms with Crippen LogP contribution < -0.4 is 10.6 Å². The molecule has 0 aliphatic heterocycles. The number of hydrogen-bond acceptors (Lipinski definition) is 3. The molecule has 1 atom stereocenters. The van der Waals surface area contributed by atoms with Gasteiger partial charge in [0.15, 0.2) is 0 Å². The van der Waals surface area contributed by atoms with E-state index in [-0.39, 0.29) is 17.9 Å². The number of aryl methyl sites for hydroxylation is 1. The smallest absolute Gasteiger partial charge is 0.251 e. The summed E-state index contributed by atoms with van der Waals surface area (Å²) in [6, 6.07) is 16.2. The van der Waals surface area contributed by atoms with Gasteiger partial charge in [-0.25, -0.2) is 0 Å². The largest absolute Gasteiger partial charge is 0.349 e. The second kappa shape index (κ2) is 7.53. The molecule has 2 N–H and O–H groups in total. The summed E-state index contributed by atoms with van der Waals surface area (Å²) in [5.74, 6) is -0.144. The molecule has 0 aromatic heterocycles. The van der Waals surface area contributed by atoms with Gasteiger partial charge < -0.3 is 10.6 Å². The van der Waals surface area contributed by atoms with E-state index in [4.69, 9.17) is 0 Å². The fraction of sp³-hybridized carbons (Fsp3) is 0.364. The van der Waals surface area contributed by atoms with E-state index in [2.05, 4.69) is 39.8 Å². The van der Waals surface area contributed by atoms with Crippen LogP contribution in [0.5, 0.6) is 0 Å². The van der Waals surface area contributed by atoms with E-state index >= 15 is 0 Å². The first-order valence-corrected chi connectivity index (χ1v) is 9.59. The van der Waals surface area contributed by atoms with Crippen LogP contribution >= 0.6 is 0 Å². The Labute approximate surface area is 159 Å². The number of carbonyl (C=O) groups excluding carboxylic acids is 2. The molecule has 0 radical (unpaired) electrons. The number of nitrogens with zero attached hydrogens (tertiary/aromatic N) is 1. The highest BCUT2D eigenvalue weighted by Gasteiger charge is 2.27. The normalized spacial score (nSPS) is 18.2. The Hall–Kier alpha value is -2.66. The average Bonchev–Trinajstić information content (AvgIpc) is 3.36. The van der Waals surface area contributed by atoms with E-state index in [0.29, 0.717) is 23.8 Å². The third-order valence-electron chi connectivity index (χ3n) is 5.35. The first-order valence-electron chi connectivity index (χ1n) is 9.59. The Balaban J connectivity index is 1.36. The van der Waals surface area contributed by atoms with E-state index in [9.17, 15) is 9.59 Å². The quantitative estimate of drug-likeness (QED) is 0.829. The minimum absolute atomic E-state index is 0.0679. The molecule has 2 aliphatic carbocycles. The number of nitrogens with one attached hydrogen (secondary N) is 2. The third-order valence-corrected chi connectivity index (χ3v) is 5.35. The Morgan fingerprint density at radius 1 is 1.07 bits per heavy atom. The van der Waals surface area contributed by atoms with E-state index in [0.717, 1.165) is 25.7 Å². The number of rotatable bonds is 6. The standard InChI is InChI=1S/C22H25N3O2/c1-25(20-12-9-15-5-2-3-8-19(15)20)14-21(26)23-18-7-4-6-16(13-18)22(27)24-17-10-11-17/h2-8,13,17,20H,9-12,14H2,1H3,(H,23,26)(H,24,27)/t20-/m1/s1. The lowest BCUT2D eigenvalue weighted by Gasteiger charge is -2.24. The van der Waals surface area contributed by atoms with Crippen molar-refractivity contribution in [2.24, 2.45) is 0 Å². The molecular weight excluding hydrogens is 338 g/mol. The van der Waals surface area contributed by atoms with Gasteiger partial charge in [-0.1, -0.05) is 30.3 Å². The maximum Gasteiger partial charge on any atom is 0.251 e. The van der Waals surface area contributed by atoms with Gasteiger partial charge in [-0.15, -0.1) is 0 Å². The van der Waals surface area contributed by atoms with Crippen molar-refractivity contribution in [2.75, 3.05) is 18.9 Å². The van der Waals surface area contributed by atoms with Crippen molar-refractivity contribution in [2.45, 2.75) is 37.8 Å². The summed E-state index contributed by atoms with van der Waals surface area (Å²) in [5, 5.41) is 5.89. The van der Waals surface area contributed by atoms with Crippen molar-refractivity contribution in [3.8, 4) is 0 Å². The van der Waals surface area contributed by atoms with E-state index in [1.165, 1.54) is 11.1 Å². The molecule has 4 rings (SSSR count). The van der Waals surface area contributed by atoms with Crippen LogP contribution in [0.15, 0.2) is 48.5 Å². The maximum atomic E-state index is 12.5. The zero-order valence-electron chi connectivity index (χ0n) is 15.6. The molecule has 5 heteroatoms. The molecule has 2 amide bonds. The second-order valence-electron chi connectivity index (χ2n) is 7.55. The van der Waals surface area contributed by atoms with E-state index in [1.54, 1.807) is 18.2 Å². The van der Waals surface area contributed by atoms with Crippen molar-refractivity contribution in [3.63, 3.8) is 0 Å². The van der Waals surface area contributed by atoms with Crippen LogP contribution in [0.1, 0.15) is 46.8 Å². The fourth-order valence-electron chi connectivity index (χ4n) is 3.76. The summed E-state index contributed by atoms with van der Waals surface area (Å²) in [5.41, 5.74) is 3.94. The lowest BCUT2D eigenvalue weighted by Crippen LogP contribution is -2.32. The van der Waals surface area contributed by atoms with Crippen LogP contribution in [0.2, 0.25) is 0 Å². The molecule has 0 unspecified atom stereocenters. The average molecular weight is 363 g/mol. The Morgan fingerprint density at radius 3 is 2.70 bits per heavy atom. The Morgan fingerprint density at radius 2 is 1.89 bits per heavy atom. The fourth-order valence-corrected chi connectivity index (χ4v) is 3.76. The topological polar surface area (TPSA) is 61.4 Å². The summed E-state index contributed by atoms with van der Waals surface area (Å²) in [7, 11) is 1.99. The van der Waals surface area contributed by atoms with Gasteiger partial charge in [0.25, 0.3) is 5.91 Å². The molecule has 2 aromatic carbocycles. The zero-order chi connectivity index (χ0) is 18.8. The molecule has 0 bridgehead atoms. The molecule has 1 saturated carbocycles. The lowest BCUT2D eigenvalue weighted by atomic mass is 10.1. The molecule has 0 spiro atoms. The number of fused-ring (bicyclic) bond motifs is 1. The molecular formula is C22H25N3O2. The number of amides is 2. The van der Waals surface area contributed by atoms with E-state index < -0.39 is 0 Å². The van der Waals surface area contributed by atoms with Crippen molar-refractivity contribution < 1.29 is 9.59 Å². The van der Waals surface area contributed by atoms with Crippen molar-refractivity contribution in [3.05, 3.63) is 65.2 Å². The highest BCUT2D eigenvalue weighted by atomic mass is 16.2. The number of hydrogen-bond donors (Lipinski definition) is 2. The molecule has 140 valence electrons. The summed E-state index contributed by atoms with van der Waals surface area (Å²) >= 11 is 0. The molecule has 0 saturated heterocycles. The van der Waals surface area contributed by atoms with Gasteiger partial charge in [-0.05, 0) is 62.1 Å². The van der Waals surface area contributed by atoms with Gasteiger partial charge in [0, 0.05) is 23.3 Å². The van der Waals surface area contributed by atoms with Crippen molar-refractivity contribution in [1.29, 1.82) is 0 Å². The molecule has 2 aromatic rings. The third kappa shape index (κ3) is 4.19. The van der Waals surface area contributed by atoms with Crippen LogP contribution in [-0.4, -0.2) is 36.3 Å². The Kier molecular flexibility index (Phi) is 4.94.